The number of nitrogens with zero attached hydrogens (tertiary/aromatic N) is 1. The summed E-state index contributed by atoms with van der Waals surface area (Å²) in [6.45, 7) is 9.01. The van der Waals surface area contributed by atoms with E-state index >= 15 is 0 Å². The Morgan fingerprint density at radius 3 is 2.53 bits per heavy atom. The number of amides is 1. The highest BCUT2D eigenvalue weighted by molar-refractivity contribution is 5.83. The van der Waals surface area contributed by atoms with Crippen molar-refractivity contribution in [2.24, 2.45) is 11.3 Å². The molecule has 0 bridgehead atoms. The van der Waals surface area contributed by atoms with Crippen LogP contribution in [0, 0.1) is 11.3 Å². The minimum absolute atomic E-state index is 0.197. The van der Waals surface area contributed by atoms with Crippen LogP contribution in [-0.2, 0) is 4.79 Å². The molecule has 0 saturated carbocycles. The van der Waals surface area contributed by atoms with E-state index in [4.69, 9.17) is 0 Å². The zero-order valence-electron chi connectivity index (χ0n) is 11.8. The Labute approximate surface area is 105 Å². The van der Waals surface area contributed by atoms with Crippen LogP contribution in [0.2, 0.25) is 0 Å². The number of nitrogens with one attached hydrogen (secondary N) is 2. The standard InChI is InChI=1S/C13H27N3O/c1-10(2)11(8-16(4)5)15-12(17)13(3)6-7-14-9-13/h10-11,14H,6-9H2,1-5H3,(H,15,17). The highest BCUT2D eigenvalue weighted by atomic mass is 16.2. The minimum Gasteiger partial charge on any atom is -0.351 e. The van der Waals surface area contributed by atoms with Crippen molar-refractivity contribution in [3.05, 3.63) is 0 Å². The number of carbonyl (C=O) groups excluding carboxylic acids is 1. The number of carbonyl (C=O) groups is 1. The van der Waals surface area contributed by atoms with Gasteiger partial charge < -0.3 is 15.5 Å². The van der Waals surface area contributed by atoms with E-state index in [2.05, 4.69) is 36.3 Å². The van der Waals surface area contributed by atoms with Crippen LogP contribution in [0.1, 0.15) is 27.2 Å². The summed E-state index contributed by atoms with van der Waals surface area (Å²) in [7, 11) is 4.08. The first-order valence-electron chi connectivity index (χ1n) is 6.51. The molecule has 0 aromatic heterocycles. The summed E-state index contributed by atoms with van der Waals surface area (Å²) in [4.78, 5) is 14.4. The first kappa shape index (κ1) is 14.5. The van der Waals surface area contributed by atoms with Crippen molar-refractivity contribution in [3.8, 4) is 0 Å². The molecule has 2 unspecified atom stereocenters. The molecule has 1 rings (SSSR count). The molecule has 17 heavy (non-hydrogen) atoms. The van der Waals surface area contributed by atoms with Gasteiger partial charge in [-0.25, -0.2) is 0 Å². The van der Waals surface area contributed by atoms with Gasteiger partial charge in [-0.2, -0.15) is 0 Å². The fourth-order valence-electron chi connectivity index (χ4n) is 2.17. The quantitative estimate of drug-likeness (QED) is 0.744. The largest absolute Gasteiger partial charge is 0.351 e. The summed E-state index contributed by atoms with van der Waals surface area (Å²) >= 11 is 0. The summed E-state index contributed by atoms with van der Waals surface area (Å²) in [5.41, 5.74) is -0.223. The number of hydrogen-bond donors (Lipinski definition) is 2. The molecule has 0 aromatic carbocycles. The fraction of sp³-hybridized carbons (Fsp3) is 0.923. The molecule has 0 aromatic rings. The van der Waals surface area contributed by atoms with Crippen LogP contribution in [0.3, 0.4) is 0 Å². The summed E-state index contributed by atoms with van der Waals surface area (Å²) in [5, 5.41) is 6.48. The summed E-state index contributed by atoms with van der Waals surface area (Å²) in [5.74, 6) is 0.655. The first-order chi connectivity index (χ1) is 7.85. The Balaban J connectivity index is 2.57. The second kappa shape index (κ2) is 5.83. The molecular weight excluding hydrogens is 214 g/mol. The van der Waals surface area contributed by atoms with Gasteiger partial charge in [0, 0.05) is 19.1 Å². The third-order valence-corrected chi connectivity index (χ3v) is 3.60. The summed E-state index contributed by atoms with van der Waals surface area (Å²) in [6.07, 6.45) is 0.936. The van der Waals surface area contributed by atoms with Crippen molar-refractivity contribution < 1.29 is 4.79 Å². The Morgan fingerprint density at radius 2 is 2.12 bits per heavy atom. The Hall–Kier alpha value is -0.610. The van der Waals surface area contributed by atoms with E-state index in [9.17, 15) is 4.79 Å². The van der Waals surface area contributed by atoms with Gasteiger partial charge in [0.15, 0.2) is 0 Å². The lowest BCUT2D eigenvalue weighted by atomic mass is 9.88. The molecule has 0 aliphatic carbocycles. The Bertz CT molecular complexity index is 257. The topological polar surface area (TPSA) is 44.4 Å². The van der Waals surface area contributed by atoms with Crippen LogP contribution >= 0.6 is 0 Å². The van der Waals surface area contributed by atoms with Gasteiger partial charge in [-0.15, -0.1) is 0 Å². The van der Waals surface area contributed by atoms with Crippen molar-refractivity contribution in [2.45, 2.75) is 33.2 Å². The van der Waals surface area contributed by atoms with Crippen LogP contribution in [0.4, 0.5) is 0 Å². The van der Waals surface area contributed by atoms with E-state index < -0.39 is 0 Å². The molecule has 1 amide bonds. The highest BCUT2D eigenvalue weighted by Gasteiger charge is 2.37. The molecule has 2 N–H and O–H groups in total. The van der Waals surface area contributed by atoms with E-state index in [0.717, 1.165) is 26.1 Å². The molecule has 2 atom stereocenters. The van der Waals surface area contributed by atoms with Gasteiger partial charge >= 0.3 is 0 Å². The molecule has 0 radical (unpaired) electrons. The van der Waals surface area contributed by atoms with Gasteiger partial charge in [0.25, 0.3) is 0 Å². The van der Waals surface area contributed by atoms with Crippen LogP contribution in [0.15, 0.2) is 0 Å². The Morgan fingerprint density at radius 1 is 1.47 bits per heavy atom. The number of hydrogen-bond acceptors (Lipinski definition) is 3. The van der Waals surface area contributed by atoms with Crippen molar-refractivity contribution in [2.75, 3.05) is 33.7 Å². The van der Waals surface area contributed by atoms with Crippen LogP contribution in [0.5, 0.6) is 0 Å². The second-order valence-electron chi connectivity index (χ2n) is 6.07. The smallest absolute Gasteiger partial charge is 0.227 e. The van der Waals surface area contributed by atoms with Crippen LogP contribution in [0.25, 0.3) is 0 Å². The molecular formula is C13H27N3O. The van der Waals surface area contributed by atoms with Gasteiger partial charge in [-0.05, 0) is 39.9 Å². The van der Waals surface area contributed by atoms with Crippen molar-refractivity contribution in [1.29, 1.82) is 0 Å². The first-order valence-corrected chi connectivity index (χ1v) is 6.51. The molecule has 1 aliphatic heterocycles. The van der Waals surface area contributed by atoms with Gasteiger partial charge in [-0.1, -0.05) is 13.8 Å². The molecule has 0 spiro atoms. The highest BCUT2D eigenvalue weighted by Crippen LogP contribution is 2.25. The van der Waals surface area contributed by atoms with E-state index in [1.54, 1.807) is 0 Å². The lowest BCUT2D eigenvalue weighted by molar-refractivity contribution is -0.130. The lowest BCUT2D eigenvalue weighted by Crippen LogP contribution is -2.50. The molecule has 1 saturated heterocycles. The molecule has 100 valence electrons. The zero-order chi connectivity index (χ0) is 13.1. The maximum atomic E-state index is 12.3. The monoisotopic (exact) mass is 241 g/mol. The lowest BCUT2D eigenvalue weighted by Gasteiger charge is -2.30. The van der Waals surface area contributed by atoms with Crippen LogP contribution < -0.4 is 10.6 Å². The van der Waals surface area contributed by atoms with Crippen molar-refractivity contribution >= 4 is 5.91 Å². The molecule has 4 heteroatoms. The zero-order valence-corrected chi connectivity index (χ0v) is 11.8. The average molecular weight is 241 g/mol. The van der Waals surface area contributed by atoms with Crippen LogP contribution in [-0.4, -0.2) is 50.6 Å². The molecule has 4 nitrogen and oxygen atoms in total. The van der Waals surface area contributed by atoms with Crippen molar-refractivity contribution in [1.82, 2.24) is 15.5 Å². The molecule has 1 fully saturated rings. The third-order valence-electron chi connectivity index (χ3n) is 3.60. The van der Waals surface area contributed by atoms with E-state index in [1.165, 1.54) is 0 Å². The SMILES string of the molecule is CC(C)C(CN(C)C)NC(=O)C1(C)CCNC1. The maximum Gasteiger partial charge on any atom is 0.227 e. The summed E-state index contributed by atoms with van der Waals surface area (Å²) in [6, 6.07) is 0.231. The maximum absolute atomic E-state index is 12.3. The predicted octanol–water partition coefficient (Wildman–Crippen LogP) is 0.688. The van der Waals surface area contributed by atoms with Gasteiger partial charge in [-0.3, -0.25) is 4.79 Å². The molecule has 1 aliphatic rings. The number of likely N-dealkylation sites (N-methyl/N-ethyl adjacent to an activating group) is 1. The minimum atomic E-state index is -0.223. The normalized spacial score (nSPS) is 26.5. The third kappa shape index (κ3) is 3.96. The Kier molecular flexibility index (Phi) is 4.95. The van der Waals surface area contributed by atoms with Gasteiger partial charge in [0.05, 0.1) is 5.41 Å². The second-order valence-corrected chi connectivity index (χ2v) is 6.07. The average Bonchev–Trinajstić information content (AvgIpc) is 2.64. The van der Waals surface area contributed by atoms with Crippen molar-refractivity contribution in [3.63, 3.8) is 0 Å². The van der Waals surface area contributed by atoms with E-state index in [0.29, 0.717) is 5.92 Å². The van der Waals surface area contributed by atoms with Gasteiger partial charge in [0.2, 0.25) is 5.91 Å². The van der Waals surface area contributed by atoms with E-state index in [-0.39, 0.29) is 17.4 Å². The predicted molar refractivity (Wildman–Crippen MR) is 70.9 cm³/mol. The van der Waals surface area contributed by atoms with E-state index in [1.807, 2.05) is 14.1 Å². The number of rotatable bonds is 5. The molecule has 1 heterocycles. The van der Waals surface area contributed by atoms with Gasteiger partial charge in [0.1, 0.15) is 0 Å². The summed E-state index contributed by atoms with van der Waals surface area (Å²) < 4.78 is 0. The fourth-order valence-corrected chi connectivity index (χ4v) is 2.17.